The molecule has 3 aromatic rings. The molecule has 0 bridgehead atoms. The molecule has 35 heavy (non-hydrogen) atoms. The Morgan fingerprint density at radius 2 is 2.06 bits per heavy atom. The van der Waals surface area contributed by atoms with Crippen LogP contribution < -0.4 is 20.9 Å². The first-order valence-corrected chi connectivity index (χ1v) is 12.1. The van der Waals surface area contributed by atoms with E-state index in [1.54, 1.807) is 49.4 Å². The van der Waals surface area contributed by atoms with E-state index < -0.39 is 37.4 Å². The quantitative estimate of drug-likeness (QED) is 0.195. The normalized spacial score (nSPS) is 21.0. The molecule has 2 aromatic heterocycles. The molecule has 4 rings (SSSR count). The fourth-order valence-corrected chi connectivity index (χ4v) is 4.80. The fraction of sp³-hybridized carbons (Fsp3) is 0.286. The molecule has 182 valence electrons. The average Bonchev–Trinajstić information content (AvgIpc) is 3.24. The predicted molar refractivity (Wildman–Crippen MR) is 126 cm³/mol. The molecule has 2 N–H and O–H groups in total. The highest BCUT2D eigenvalue weighted by Crippen LogP contribution is 2.48. The van der Waals surface area contributed by atoms with Gasteiger partial charge in [0.1, 0.15) is 6.23 Å². The summed E-state index contributed by atoms with van der Waals surface area (Å²) in [6.07, 6.45) is 1.30. The molecule has 13 nitrogen and oxygen atoms in total. The maximum absolute atomic E-state index is 13.6. The van der Waals surface area contributed by atoms with Crippen LogP contribution >= 0.6 is 7.75 Å². The van der Waals surface area contributed by atoms with Crippen molar-refractivity contribution in [3.8, 4) is 5.88 Å². The summed E-state index contributed by atoms with van der Waals surface area (Å²) in [4.78, 5) is 33.1. The van der Waals surface area contributed by atoms with Crippen LogP contribution in [0.1, 0.15) is 18.2 Å². The molecule has 4 atom stereocenters. The molecule has 1 unspecified atom stereocenters. The zero-order chi connectivity index (χ0) is 24.8. The number of para-hydroxylation sites is 1. The van der Waals surface area contributed by atoms with Crippen LogP contribution in [0.3, 0.4) is 0 Å². The van der Waals surface area contributed by atoms with Gasteiger partial charge >= 0.3 is 13.4 Å². The van der Waals surface area contributed by atoms with Gasteiger partial charge in [0.15, 0.2) is 0 Å². The molecule has 0 aliphatic carbocycles. The zero-order valence-electron chi connectivity index (χ0n) is 18.6. The number of nitrogens with zero attached hydrogens (tertiary/aromatic N) is 5. The maximum Gasteiger partial charge on any atom is 0.487 e. The highest BCUT2D eigenvalue weighted by molar-refractivity contribution is 7.55. The first-order valence-electron chi connectivity index (χ1n) is 10.6. The molecular formula is C21H22N7O6P. The van der Waals surface area contributed by atoms with Gasteiger partial charge in [-0.05, 0) is 30.7 Å². The van der Waals surface area contributed by atoms with E-state index in [0.29, 0.717) is 11.3 Å². The van der Waals surface area contributed by atoms with Crippen molar-refractivity contribution in [1.82, 2.24) is 14.5 Å². The second-order valence-electron chi connectivity index (χ2n) is 7.65. The lowest BCUT2D eigenvalue weighted by molar-refractivity contribution is -0.0235. The number of nitrogens with one attached hydrogen (secondary N) is 2. The van der Waals surface area contributed by atoms with Crippen LogP contribution in [0.4, 0.5) is 5.69 Å². The van der Waals surface area contributed by atoms with Gasteiger partial charge < -0.3 is 9.26 Å². The smallest absolute Gasteiger partial charge is 0.391 e. The Balaban J connectivity index is 1.55. The summed E-state index contributed by atoms with van der Waals surface area (Å²) in [5.74, 6) is 0.0753. The number of aryl methyl sites for hydroxylation is 1. The lowest BCUT2D eigenvalue weighted by Crippen LogP contribution is -2.33. The van der Waals surface area contributed by atoms with Gasteiger partial charge in [-0.2, -0.15) is 0 Å². The monoisotopic (exact) mass is 499 g/mol. The van der Waals surface area contributed by atoms with Crippen LogP contribution in [0.25, 0.3) is 10.4 Å². The summed E-state index contributed by atoms with van der Waals surface area (Å²) in [5, 5.41) is 6.50. The number of benzene rings is 1. The van der Waals surface area contributed by atoms with Gasteiger partial charge in [0.05, 0.1) is 18.8 Å². The summed E-state index contributed by atoms with van der Waals surface area (Å²) in [6.45, 7) is 1.26. The lowest BCUT2D eigenvalue weighted by Gasteiger charge is -2.23. The summed E-state index contributed by atoms with van der Waals surface area (Å²) in [7, 11) is -4.02. The zero-order valence-corrected chi connectivity index (χ0v) is 19.4. The van der Waals surface area contributed by atoms with Crippen LogP contribution in [-0.2, 0) is 13.8 Å². The van der Waals surface area contributed by atoms with Gasteiger partial charge in [-0.3, -0.25) is 24.0 Å². The van der Waals surface area contributed by atoms with E-state index in [0.717, 1.165) is 0 Å². The van der Waals surface area contributed by atoms with Gasteiger partial charge in [-0.1, -0.05) is 29.4 Å². The van der Waals surface area contributed by atoms with E-state index in [2.05, 4.69) is 25.1 Å². The molecule has 14 heteroatoms. The average molecular weight is 499 g/mol. The van der Waals surface area contributed by atoms with Crippen LogP contribution in [0.5, 0.6) is 5.88 Å². The van der Waals surface area contributed by atoms with Crippen molar-refractivity contribution >= 4 is 13.4 Å². The maximum atomic E-state index is 13.6. The third-order valence-electron chi connectivity index (χ3n) is 5.16. The van der Waals surface area contributed by atoms with Gasteiger partial charge in [0, 0.05) is 41.0 Å². The number of aromatic amines is 1. The summed E-state index contributed by atoms with van der Waals surface area (Å²) in [5.41, 5.74) is 8.63. The minimum absolute atomic E-state index is 0.0753. The summed E-state index contributed by atoms with van der Waals surface area (Å²) in [6, 6.07) is 12.8. The number of azide groups is 1. The molecule has 1 aliphatic heterocycles. The van der Waals surface area contributed by atoms with Crippen LogP contribution in [-0.4, -0.2) is 33.3 Å². The van der Waals surface area contributed by atoms with Crippen molar-refractivity contribution in [2.45, 2.75) is 31.7 Å². The topological polar surface area (TPSA) is 173 Å². The molecule has 1 saturated heterocycles. The van der Waals surface area contributed by atoms with Crippen molar-refractivity contribution in [1.29, 1.82) is 0 Å². The lowest BCUT2D eigenvalue weighted by atomic mass is 10.1. The van der Waals surface area contributed by atoms with Crippen molar-refractivity contribution in [3.05, 3.63) is 97.8 Å². The Labute approximate surface area is 198 Å². The van der Waals surface area contributed by atoms with E-state index in [1.807, 2.05) is 0 Å². The summed E-state index contributed by atoms with van der Waals surface area (Å²) >= 11 is 0. The molecule has 0 saturated carbocycles. The summed E-state index contributed by atoms with van der Waals surface area (Å²) < 4.78 is 32.0. The van der Waals surface area contributed by atoms with Crippen molar-refractivity contribution in [3.63, 3.8) is 0 Å². The molecule has 0 spiro atoms. The number of ether oxygens (including phenoxy) is 1. The number of hydrogen-bond acceptors (Lipinski definition) is 8. The number of pyridine rings is 1. The van der Waals surface area contributed by atoms with Crippen molar-refractivity contribution in [2.75, 3.05) is 11.7 Å². The van der Waals surface area contributed by atoms with Crippen LogP contribution in [0.15, 0.2) is 75.6 Å². The fourth-order valence-electron chi connectivity index (χ4n) is 3.47. The number of aromatic nitrogens is 3. The van der Waals surface area contributed by atoms with E-state index in [9.17, 15) is 14.2 Å². The second-order valence-corrected chi connectivity index (χ2v) is 9.31. The van der Waals surface area contributed by atoms with E-state index in [-0.39, 0.29) is 18.9 Å². The molecule has 1 aromatic carbocycles. The molecule has 3 heterocycles. The Hall–Kier alpha value is -3.89. The minimum atomic E-state index is -4.02. The predicted octanol–water partition coefficient (Wildman–Crippen LogP) is 3.52. The van der Waals surface area contributed by atoms with Gasteiger partial charge in [-0.25, -0.2) is 14.3 Å². The number of hydrogen-bond donors (Lipinski definition) is 2. The standard InChI is InChI=1S/C21H22N7O6P/c1-14-12-28(21(30)24-20(14)29)19-11-16(25-27-22)17(33-19)13-32-35(31,26-15-7-3-2-4-8-15)34-18-9-5-6-10-23-18/h2-10,12,16-17,19H,11,13H2,1H3,(H,26,31)(H,24,29,30)/t16-,17+,19+,35?/m0/s1. The first-order chi connectivity index (χ1) is 16.9. The van der Waals surface area contributed by atoms with E-state index in [1.165, 1.54) is 23.0 Å². The number of H-pyrrole nitrogens is 1. The Morgan fingerprint density at radius 1 is 1.29 bits per heavy atom. The van der Waals surface area contributed by atoms with Gasteiger partial charge in [-0.15, -0.1) is 0 Å². The molecule has 1 aliphatic rings. The highest BCUT2D eigenvalue weighted by atomic mass is 31.2. The first kappa shape index (κ1) is 24.2. The Bertz CT molecular complexity index is 1330. The molecule has 0 amide bonds. The largest absolute Gasteiger partial charge is 0.487 e. The molecule has 1 fully saturated rings. The second kappa shape index (κ2) is 10.6. The van der Waals surface area contributed by atoms with Crippen LogP contribution in [0, 0.1) is 6.92 Å². The molecule has 0 radical (unpaired) electrons. The SMILES string of the molecule is Cc1cn([C@H]2C[C@H](N=[N+]=[N-])[C@@H](COP(=O)(Nc3ccccc3)Oc3ccccn3)O2)c(=O)[nH]c1=O. The Kier molecular flexibility index (Phi) is 7.33. The number of anilines is 1. The third kappa shape index (κ3) is 5.97. The minimum Gasteiger partial charge on any atom is -0.391 e. The van der Waals surface area contributed by atoms with Gasteiger partial charge in [0.25, 0.3) is 5.56 Å². The molecular weight excluding hydrogens is 477 g/mol. The Morgan fingerprint density at radius 3 is 2.77 bits per heavy atom. The van der Waals surface area contributed by atoms with E-state index in [4.69, 9.17) is 19.3 Å². The van der Waals surface area contributed by atoms with Gasteiger partial charge in [0.2, 0.25) is 5.88 Å². The highest BCUT2D eigenvalue weighted by Gasteiger charge is 2.39. The third-order valence-corrected chi connectivity index (χ3v) is 6.61. The number of rotatable bonds is 9. The van der Waals surface area contributed by atoms with Crippen LogP contribution in [0.2, 0.25) is 0 Å². The van der Waals surface area contributed by atoms with Crippen molar-refractivity contribution < 1.29 is 18.3 Å². The van der Waals surface area contributed by atoms with E-state index >= 15 is 0 Å². The van der Waals surface area contributed by atoms with Crippen molar-refractivity contribution in [2.24, 2.45) is 5.11 Å².